The van der Waals surface area contributed by atoms with Crippen LogP contribution in [0.4, 0.5) is 6.01 Å². The molecule has 0 bridgehead atoms. The number of thiophene rings is 1. The lowest BCUT2D eigenvalue weighted by Crippen LogP contribution is -2.10. The molecule has 0 fully saturated rings. The predicted octanol–water partition coefficient (Wildman–Crippen LogP) is 3.72. The van der Waals surface area contributed by atoms with Crippen molar-refractivity contribution < 1.29 is 18.7 Å². The van der Waals surface area contributed by atoms with Crippen LogP contribution in [0.3, 0.4) is 0 Å². The van der Waals surface area contributed by atoms with Crippen LogP contribution in [-0.2, 0) is 0 Å². The second kappa shape index (κ2) is 6.90. The summed E-state index contributed by atoms with van der Waals surface area (Å²) in [5.41, 5.74) is 0.559. The van der Waals surface area contributed by atoms with E-state index in [1.807, 2.05) is 0 Å². The molecule has 7 nitrogen and oxygen atoms in total. The number of halogens is 1. The third kappa shape index (κ3) is 3.34. The molecule has 0 spiro atoms. The van der Waals surface area contributed by atoms with Gasteiger partial charge in [0.15, 0.2) is 0 Å². The fraction of sp³-hybridized carbons (Fsp3) is 0.133. The van der Waals surface area contributed by atoms with Gasteiger partial charge in [-0.15, -0.1) is 16.4 Å². The van der Waals surface area contributed by atoms with Crippen LogP contribution < -0.4 is 14.8 Å². The largest absolute Gasteiger partial charge is 0.497 e. The quantitative estimate of drug-likeness (QED) is 0.741. The third-order valence-electron chi connectivity index (χ3n) is 3.08. The Morgan fingerprint density at radius 1 is 1.21 bits per heavy atom. The Morgan fingerprint density at radius 2 is 2.04 bits per heavy atom. The van der Waals surface area contributed by atoms with Gasteiger partial charge in [-0.05, 0) is 30.3 Å². The van der Waals surface area contributed by atoms with E-state index < -0.39 is 0 Å². The zero-order valence-corrected chi connectivity index (χ0v) is 14.3. The SMILES string of the molecule is COc1ccc(OC)c(-c2nnc(NC(=O)c3ccc(Cl)s3)o2)c1. The Kier molecular flexibility index (Phi) is 4.68. The van der Waals surface area contributed by atoms with E-state index in [-0.39, 0.29) is 17.8 Å². The van der Waals surface area contributed by atoms with Crippen LogP contribution >= 0.6 is 22.9 Å². The van der Waals surface area contributed by atoms with Crippen LogP contribution in [0.5, 0.6) is 11.5 Å². The third-order valence-corrected chi connectivity index (χ3v) is 4.31. The normalized spacial score (nSPS) is 10.5. The number of anilines is 1. The smallest absolute Gasteiger partial charge is 0.322 e. The second-order valence-electron chi connectivity index (χ2n) is 4.54. The topological polar surface area (TPSA) is 86.5 Å². The second-order valence-corrected chi connectivity index (χ2v) is 6.25. The summed E-state index contributed by atoms with van der Waals surface area (Å²) in [6, 6.07) is 8.42. The zero-order valence-electron chi connectivity index (χ0n) is 12.7. The van der Waals surface area contributed by atoms with E-state index >= 15 is 0 Å². The van der Waals surface area contributed by atoms with E-state index in [1.165, 1.54) is 7.11 Å². The highest BCUT2D eigenvalue weighted by Crippen LogP contribution is 2.33. The van der Waals surface area contributed by atoms with E-state index in [2.05, 4.69) is 15.5 Å². The summed E-state index contributed by atoms with van der Waals surface area (Å²) in [7, 11) is 3.09. The lowest BCUT2D eigenvalue weighted by molar-refractivity contribution is 0.102. The van der Waals surface area contributed by atoms with Crippen molar-refractivity contribution in [3.63, 3.8) is 0 Å². The molecule has 0 unspecified atom stereocenters. The van der Waals surface area contributed by atoms with Gasteiger partial charge in [-0.2, -0.15) is 0 Å². The number of aromatic nitrogens is 2. The number of methoxy groups -OCH3 is 2. The monoisotopic (exact) mass is 365 g/mol. The first-order valence-electron chi connectivity index (χ1n) is 6.73. The number of hydrogen-bond acceptors (Lipinski definition) is 7. The molecule has 0 aliphatic rings. The number of ether oxygens (including phenoxy) is 2. The molecule has 2 heterocycles. The molecule has 3 rings (SSSR count). The van der Waals surface area contributed by atoms with Crippen molar-refractivity contribution in [3.8, 4) is 23.0 Å². The molecule has 124 valence electrons. The van der Waals surface area contributed by atoms with Gasteiger partial charge >= 0.3 is 6.01 Å². The highest BCUT2D eigenvalue weighted by atomic mass is 35.5. The fourth-order valence-corrected chi connectivity index (χ4v) is 2.90. The Hall–Kier alpha value is -2.58. The van der Waals surface area contributed by atoms with Crippen LogP contribution in [-0.4, -0.2) is 30.3 Å². The van der Waals surface area contributed by atoms with Crippen molar-refractivity contribution in [2.24, 2.45) is 0 Å². The summed E-state index contributed by atoms with van der Waals surface area (Å²) in [6.45, 7) is 0. The van der Waals surface area contributed by atoms with Crippen LogP contribution in [0.2, 0.25) is 4.34 Å². The number of nitrogens with zero attached hydrogens (tertiary/aromatic N) is 2. The van der Waals surface area contributed by atoms with Crippen LogP contribution in [0.25, 0.3) is 11.5 Å². The minimum atomic E-state index is -0.375. The summed E-state index contributed by atoms with van der Waals surface area (Å²) >= 11 is 6.97. The van der Waals surface area contributed by atoms with Crippen molar-refractivity contribution in [1.82, 2.24) is 10.2 Å². The van der Waals surface area contributed by atoms with E-state index in [4.69, 9.17) is 25.5 Å². The van der Waals surface area contributed by atoms with Gasteiger partial charge in [-0.3, -0.25) is 10.1 Å². The standard InChI is InChI=1S/C15H12ClN3O4S/c1-21-8-3-4-10(22-2)9(7-8)14-18-19-15(23-14)17-13(20)11-5-6-12(16)24-11/h3-7H,1-2H3,(H,17,19,20). The van der Waals surface area contributed by atoms with Gasteiger partial charge < -0.3 is 13.9 Å². The number of carbonyl (C=O) groups is 1. The highest BCUT2D eigenvalue weighted by Gasteiger charge is 2.17. The van der Waals surface area contributed by atoms with Crippen molar-refractivity contribution in [2.45, 2.75) is 0 Å². The zero-order chi connectivity index (χ0) is 17.1. The van der Waals surface area contributed by atoms with Gasteiger partial charge in [0.2, 0.25) is 0 Å². The van der Waals surface area contributed by atoms with E-state index in [9.17, 15) is 4.79 Å². The molecule has 0 atom stereocenters. The minimum absolute atomic E-state index is 0.0237. The van der Waals surface area contributed by atoms with E-state index in [0.717, 1.165) is 11.3 Å². The average molecular weight is 366 g/mol. The molecule has 1 aromatic carbocycles. The summed E-state index contributed by atoms with van der Waals surface area (Å²) in [5.74, 6) is 0.982. The molecule has 0 saturated carbocycles. The molecule has 0 radical (unpaired) electrons. The molecular formula is C15H12ClN3O4S. The molecule has 0 aliphatic heterocycles. The van der Waals surface area contributed by atoms with Gasteiger partial charge in [0, 0.05) is 0 Å². The highest BCUT2D eigenvalue weighted by molar-refractivity contribution is 7.18. The lowest BCUT2D eigenvalue weighted by atomic mass is 10.2. The molecule has 24 heavy (non-hydrogen) atoms. The number of hydrogen-bond donors (Lipinski definition) is 1. The summed E-state index contributed by atoms with van der Waals surface area (Å²) < 4.78 is 16.5. The fourth-order valence-electron chi connectivity index (χ4n) is 1.96. The Balaban J connectivity index is 1.84. The molecule has 3 aromatic rings. The molecular weight excluding hydrogens is 354 g/mol. The van der Waals surface area contributed by atoms with Gasteiger partial charge in [0.25, 0.3) is 11.8 Å². The number of amides is 1. The van der Waals surface area contributed by atoms with Gasteiger partial charge in [-0.1, -0.05) is 16.7 Å². The first kappa shape index (κ1) is 16.3. The first-order valence-corrected chi connectivity index (χ1v) is 7.92. The summed E-state index contributed by atoms with van der Waals surface area (Å²) in [6.07, 6.45) is 0. The van der Waals surface area contributed by atoms with Crippen LogP contribution in [0.15, 0.2) is 34.7 Å². The lowest BCUT2D eigenvalue weighted by Gasteiger charge is -2.07. The maximum atomic E-state index is 12.1. The molecule has 0 aliphatic carbocycles. The van der Waals surface area contributed by atoms with Crippen molar-refractivity contribution in [2.75, 3.05) is 19.5 Å². The minimum Gasteiger partial charge on any atom is -0.497 e. The number of benzene rings is 1. The van der Waals surface area contributed by atoms with E-state index in [1.54, 1.807) is 37.4 Å². The molecule has 2 aromatic heterocycles. The van der Waals surface area contributed by atoms with Gasteiger partial charge in [0.05, 0.1) is 29.0 Å². The van der Waals surface area contributed by atoms with Crippen molar-refractivity contribution in [3.05, 3.63) is 39.5 Å². The molecule has 0 saturated heterocycles. The molecule has 1 amide bonds. The average Bonchev–Trinajstić information content (AvgIpc) is 3.23. The van der Waals surface area contributed by atoms with Gasteiger partial charge in [-0.25, -0.2) is 0 Å². The maximum Gasteiger partial charge on any atom is 0.322 e. The summed E-state index contributed by atoms with van der Waals surface area (Å²) in [4.78, 5) is 12.5. The number of rotatable bonds is 5. The number of carbonyl (C=O) groups excluding carboxylic acids is 1. The van der Waals surface area contributed by atoms with Crippen molar-refractivity contribution in [1.29, 1.82) is 0 Å². The Bertz CT molecular complexity index is 877. The molecule has 9 heteroatoms. The summed E-state index contributed by atoms with van der Waals surface area (Å²) in [5, 5.41) is 10.3. The van der Waals surface area contributed by atoms with E-state index in [0.29, 0.717) is 26.3 Å². The van der Waals surface area contributed by atoms with Crippen LogP contribution in [0, 0.1) is 0 Å². The van der Waals surface area contributed by atoms with Crippen LogP contribution in [0.1, 0.15) is 9.67 Å². The van der Waals surface area contributed by atoms with Gasteiger partial charge in [0.1, 0.15) is 11.5 Å². The molecule has 1 N–H and O–H groups in total. The Labute approximate surface area is 146 Å². The Morgan fingerprint density at radius 3 is 2.71 bits per heavy atom. The first-order chi connectivity index (χ1) is 11.6. The van der Waals surface area contributed by atoms with Crippen molar-refractivity contribution >= 4 is 34.9 Å². The predicted molar refractivity (Wildman–Crippen MR) is 90.1 cm³/mol. The number of nitrogens with one attached hydrogen (secondary N) is 1. The maximum absolute atomic E-state index is 12.1.